The van der Waals surface area contributed by atoms with Gasteiger partial charge in [0.05, 0.1) is 7.05 Å². The molecule has 0 fully saturated rings. The van der Waals surface area contributed by atoms with Gasteiger partial charge in [0.15, 0.2) is 6.67 Å². The van der Waals surface area contributed by atoms with E-state index in [0.717, 1.165) is 11.2 Å². The number of quaternary nitrogens is 1. The molecule has 3 rings (SSSR count). The fraction of sp³-hybridized carbons (Fsp3) is 0.294. The first-order chi connectivity index (χ1) is 9.13. The van der Waals surface area contributed by atoms with Gasteiger partial charge in [0.25, 0.3) is 0 Å². The molecule has 1 aliphatic rings. The Morgan fingerprint density at radius 2 is 1.63 bits per heavy atom. The highest BCUT2D eigenvalue weighted by Crippen LogP contribution is 2.41. The van der Waals surface area contributed by atoms with Crippen LogP contribution in [0.15, 0.2) is 54.6 Å². The van der Waals surface area contributed by atoms with Crippen molar-refractivity contribution in [1.82, 2.24) is 4.48 Å². The molecule has 98 valence electrons. The maximum atomic E-state index is 2.36. The van der Waals surface area contributed by atoms with Crippen LogP contribution in [0, 0.1) is 0 Å². The Morgan fingerprint density at radius 1 is 1.00 bits per heavy atom. The van der Waals surface area contributed by atoms with Gasteiger partial charge in [0.1, 0.15) is 11.7 Å². The molecule has 0 N–H and O–H groups in total. The summed E-state index contributed by atoms with van der Waals surface area (Å²) in [5, 5.41) is 0. The van der Waals surface area contributed by atoms with Crippen molar-refractivity contribution in [2.24, 2.45) is 0 Å². The molecule has 0 bridgehead atoms. The average molecular weight is 253 g/mol. The second-order valence-electron chi connectivity index (χ2n) is 5.68. The van der Waals surface area contributed by atoms with Crippen molar-refractivity contribution in [2.75, 3.05) is 25.7 Å². The molecule has 0 saturated heterocycles. The van der Waals surface area contributed by atoms with E-state index in [0.29, 0.717) is 6.04 Å². The molecule has 2 aromatic carbocycles. The SMILES string of the molecule is CC1c2ccccc2N(C)C[N+]1(C)c1ccccc1. The molecule has 0 spiro atoms. The minimum atomic E-state index is 0.467. The Labute approximate surface area is 115 Å². The van der Waals surface area contributed by atoms with Crippen LogP contribution in [-0.2, 0) is 0 Å². The molecule has 2 aromatic rings. The highest BCUT2D eigenvalue weighted by molar-refractivity contribution is 5.60. The van der Waals surface area contributed by atoms with Crippen LogP contribution in [0.3, 0.4) is 0 Å². The molecule has 1 aliphatic heterocycles. The summed E-state index contributed by atoms with van der Waals surface area (Å²) < 4.78 is 0.925. The fourth-order valence-electron chi connectivity index (χ4n) is 3.21. The monoisotopic (exact) mass is 253 g/mol. The zero-order valence-corrected chi connectivity index (χ0v) is 11.9. The lowest BCUT2D eigenvalue weighted by Crippen LogP contribution is -2.56. The van der Waals surface area contributed by atoms with E-state index in [1.807, 2.05) is 0 Å². The Bertz CT molecular complexity index is 579. The van der Waals surface area contributed by atoms with E-state index in [2.05, 4.69) is 80.5 Å². The van der Waals surface area contributed by atoms with Crippen molar-refractivity contribution in [3.05, 3.63) is 60.2 Å². The molecule has 2 nitrogen and oxygen atoms in total. The van der Waals surface area contributed by atoms with Crippen LogP contribution >= 0.6 is 0 Å². The maximum Gasteiger partial charge on any atom is 0.159 e. The lowest BCUT2D eigenvalue weighted by atomic mass is 9.98. The summed E-state index contributed by atoms with van der Waals surface area (Å²) in [6.45, 7) is 3.33. The predicted molar refractivity (Wildman–Crippen MR) is 82.3 cm³/mol. The summed E-state index contributed by atoms with van der Waals surface area (Å²) in [6.07, 6.45) is 0. The third kappa shape index (κ3) is 1.83. The molecule has 2 atom stereocenters. The lowest BCUT2D eigenvalue weighted by molar-refractivity contribution is 0.250. The molecule has 2 heteroatoms. The van der Waals surface area contributed by atoms with Crippen molar-refractivity contribution in [3.8, 4) is 0 Å². The third-order valence-corrected chi connectivity index (χ3v) is 4.50. The summed E-state index contributed by atoms with van der Waals surface area (Å²) in [6, 6.07) is 20.0. The number of nitrogens with zero attached hydrogens (tertiary/aromatic N) is 2. The topological polar surface area (TPSA) is 3.24 Å². The standard InChI is InChI=1S/C17H21N2/c1-14-16-11-7-8-12-17(16)18(2)13-19(14,3)15-9-5-4-6-10-15/h4-12,14H,13H2,1-3H3/q+1. The maximum absolute atomic E-state index is 2.36. The highest BCUT2D eigenvalue weighted by atomic mass is 15.5. The van der Waals surface area contributed by atoms with Gasteiger partial charge in [-0.15, -0.1) is 0 Å². The molecular weight excluding hydrogens is 232 g/mol. The first-order valence-electron chi connectivity index (χ1n) is 6.84. The Hall–Kier alpha value is -1.80. The molecule has 19 heavy (non-hydrogen) atoms. The molecular formula is C17H21N2+. The summed E-state index contributed by atoms with van der Waals surface area (Å²) in [5.41, 5.74) is 4.17. The van der Waals surface area contributed by atoms with Gasteiger partial charge in [-0.3, -0.25) is 4.48 Å². The molecule has 2 unspecified atom stereocenters. The van der Waals surface area contributed by atoms with E-state index in [9.17, 15) is 0 Å². The van der Waals surface area contributed by atoms with Crippen LogP contribution < -0.4 is 9.38 Å². The third-order valence-electron chi connectivity index (χ3n) is 4.50. The van der Waals surface area contributed by atoms with Crippen LogP contribution in [0.4, 0.5) is 11.4 Å². The molecule has 0 radical (unpaired) electrons. The van der Waals surface area contributed by atoms with Crippen LogP contribution in [0.5, 0.6) is 0 Å². The smallest absolute Gasteiger partial charge is 0.159 e. The summed E-state index contributed by atoms with van der Waals surface area (Å²) in [4.78, 5) is 2.36. The van der Waals surface area contributed by atoms with Gasteiger partial charge < -0.3 is 4.90 Å². The minimum Gasteiger partial charge on any atom is -0.327 e. The quantitative estimate of drug-likeness (QED) is 0.699. The van der Waals surface area contributed by atoms with Crippen LogP contribution in [0.2, 0.25) is 0 Å². The molecule has 1 heterocycles. The second kappa shape index (κ2) is 4.39. The normalized spacial score (nSPS) is 26.1. The van der Waals surface area contributed by atoms with Gasteiger partial charge in [0.2, 0.25) is 0 Å². The van der Waals surface area contributed by atoms with Gasteiger partial charge in [-0.1, -0.05) is 36.4 Å². The van der Waals surface area contributed by atoms with E-state index in [4.69, 9.17) is 0 Å². The van der Waals surface area contributed by atoms with Crippen LogP contribution in [0.1, 0.15) is 18.5 Å². The van der Waals surface area contributed by atoms with E-state index in [1.165, 1.54) is 16.9 Å². The van der Waals surface area contributed by atoms with Crippen molar-refractivity contribution >= 4 is 11.4 Å². The molecule has 0 aromatic heterocycles. The summed E-state index contributed by atoms with van der Waals surface area (Å²) in [5.74, 6) is 0. The number of hydrogen-bond donors (Lipinski definition) is 0. The Balaban J connectivity index is 2.12. The first kappa shape index (κ1) is 12.2. The van der Waals surface area contributed by atoms with Gasteiger partial charge >= 0.3 is 0 Å². The number of fused-ring (bicyclic) bond motifs is 1. The van der Waals surface area contributed by atoms with Crippen molar-refractivity contribution in [1.29, 1.82) is 0 Å². The molecule has 0 saturated carbocycles. The number of para-hydroxylation sites is 2. The largest absolute Gasteiger partial charge is 0.327 e. The minimum absolute atomic E-state index is 0.467. The number of rotatable bonds is 1. The second-order valence-corrected chi connectivity index (χ2v) is 5.68. The zero-order valence-electron chi connectivity index (χ0n) is 11.9. The molecule has 0 aliphatic carbocycles. The Kier molecular flexibility index (Phi) is 2.83. The number of benzene rings is 2. The fourth-order valence-corrected chi connectivity index (χ4v) is 3.21. The van der Waals surface area contributed by atoms with E-state index >= 15 is 0 Å². The average Bonchev–Trinajstić information content (AvgIpc) is 2.46. The zero-order chi connectivity index (χ0) is 13.5. The predicted octanol–water partition coefficient (Wildman–Crippen LogP) is 3.79. The van der Waals surface area contributed by atoms with Gasteiger partial charge in [0, 0.05) is 18.3 Å². The van der Waals surface area contributed by atoms with E-state index < -0.39 is 0 Å². The number of anilines is 1. The molecule has 0 amide bonds. The number of hydrogen-bond acceptors (Lipinski definition) is 1. The van der Waals surface area contributed by atoms with Crippen LogP contribution in [-0.4, -0.2) is 20.8 Å². The van der Waals surface area contributed by atoms with E-state index in [1.54, 1.807) is 0 Å². The van der Waals surface area contributed by atoms with Gasteiger partial charge in [-0.05, 0) is 25.1 Å². The van der Waals surface area contributed by atoms with Crippen LogP contribution in [0.25, 0.3) is 0 Å². The van der Waals surface area contributed by atoms with Gasteiger partial charge in [-0.25, -0.2) is 0 Å². The summed E-state index contributed by atoms with van der Waals surface area (Å²) >= 11 is 0. The van der Waals surface area contributed by atoms with Crippen molar-refractivity contribution in [3.63, 3.8) is 0 Å². The first-order valence-corrected chi connectivity index (χ1v) is 6.84. The Morgan fingerprint density at radius 3 is 2.37 bits per heavy atom. The summed E-state index contributed by atoms with van der Waals surface area (Å²) in [7, 11) is 4.51. The highest BCUT2D eigenvalue weighted by Gasteiger charge is 2.39. The van der Waals surface area contributed by atoms with Crippen molar-refractivity contribution in [2.45, 2.75) is 13.0 Å². The van der Waals surface area contributed by atoms with E-state index in [-0.39, 0.29) is 0 Å². The lowest BCUT2D eigenvalue weighted by Gasteiger charge is -2.47. The van der Waals surface area contributed by atoms with Gasteiger partial charge in [-0.2, -0.15) is 0 Å². The van der Waals surface area contributed by atoms with Crippen molar-refractivity contribution < 1.29 is 0 Å².